The summed E-state index contributed by atoms with van der Waals surface area (Å²) < 4.78 is 0. The van der Waals surface area contributed by atoms with Gasteiger partial charge in [0.05, 0.1) is 6.04 Å². The van der Waals surface area contributed by atoms with Crippen molar-refractivity contribution in [3.8, 4) is 0 Å². The zero-order chi connectivity index (χ0) is 16.8. The number of aryl methyl sites for hydroxylation is 2. The summed E-state index contributed by atoms with van der Waals surface area (Å²) in [5.74, 6) is -0.116. The van der Waals surface area contributed by atoms with Gasteiger partial charge in [0.25, 0.3) is 0 Å². The molecule has 0 saturated carbocycles. The first-order valence-electron chi connectivity index (χ1n) is 7.81. The molecule has 0 aromatic heterocycles. The molecule has 2 rings (SSSR count). The van der Waals surface area contributed by atoms with Crippen molar-refractivity contribution < 1.29 is 4.79 Å². The molecule has 1 N–H and O–H groups in total. The van der Waals surface area contributed by atoms with E-state index in [-0.39, 0.29) is 11.9 Å². The summed E-state index contributed by atoms with van der Waals surface area (Å²) in [5, 5.41) is 3.69. The fraction of sp³-hybridized carbons (Fsp3) is 0.250. The van der Waals surface area contributed by atoms with E-state index in [4.69, 9.17) is 11.6 Å². The van der Waals surface area contributed by atoms with E-state index in [0.29, 0.717) is 5.02 Å². The lowest BCUT2D eigenvalue weighted by atomic mass is 9.99. The van der Waals surface area contributed by atoms with Gasteiger partial charge in [0.15, 0.2) is 0 Å². The van der Waals surface area contributed by atoms with Crippen molar-refractivity contribution in [2.75, 3.05) is 0 Å². The molecule has 0 bridgehead atoms. The molecule has 0 aliphatic rings. The highest BCUT2D eigenvalue weighted by Crippen LogP contribution is 2.20. The second-order valence-electron chi connectivity index (χ2n) is 5.67. The van der Waals surface area contributed by atoms with Gasteiger partial charge in [0, 0.05) is 11.1 Å². The van der Waals surface area contributed by atoms with Crippen LogP contribution in [-0.2, 0) is 4.79 Å². The van der Waals surface area contributed by atoms with E-state index >= 15 is 0 Å². The van der Waals surface area contributed by atoms with Crippen molar-refractivity contribution >= 4 is 23.6 Å². The third kappa shape index (κ3) is 4.70. The van der Waals surface area contributed by atoms with Crippen molar-refractivity contribution in [2.24, 2.45) is 0 Å². The molecule has 0 saturated heterocycles. The number of carbonyl (C=O) groups excluding carboxylic acids is 1. The highest BCUT2D eigenvalue weighted by Gasteiger charge is 2.11. The van der Waals surface area contributed by atoms with Crippen LogP contribution in [0.4, 0.5) is 0 Å². The van der Waals surface area contributed by atoms with Crippen LogP contribution in [0.2, 0.25) is 5.02 Å². The van der Waals surface area contributed by atoms with Gasteiger partial charge in [-0.1, -0.05) is 54.9 Å². The summed E-state index contributed by atoms with van der Waals surface area (Å²) >= 11 is 6.09. The molecule has 1 amide bonds. The monoisotopic (exact) mass is 327 g/mol. The van der Waals surface area contributed by atoms with Crippen molar-refractivity contribution in [1.82, 2.24) is 5.32 Å². The predicted molar refractivity (Wildman–Crippen MR) is 97.6 cm³/mol. The van der Waals surface area contributed by atoms with Gasteiger partial charge in [-0.25, -0.2) is 0 Å². The highest BCUT2D eigenvalue weighted by molar-refractivity contribution is 6.32. The van der Waals surface area contributed by atoms with Crippen LogP contribution in [-0.4, -0.2) is 5.91 Å². The number of carbonyl (C=O) groups is 1. The number of rotatable bonds is 5. The van der Waals surface area contributed by atoms with Gasteiger partial charge in [-0.2, -0.15) is 0 Å². The lowest BCUT2D eigenvalue weighted by molar-refractivity contribution is -0.117. The molecule has 0 aliphatic heterocycles. The van der Waals surface area contributed by atoms with E-state index in [9.17, 15) is 4.79 Å². The minimum absolute atomic E-state index is 0.0118. The molecule has 0 radical (unpaired) electrons. The average molecular weight is 328 g/mol. The second kappa shape index (κ2) is 7.98. The maximum absolute atomic E-state index is 12.2. The summed E-state index contributed by atoms with van der Waals surface area (Å²) in [7, 11) is 0. The Morgan fingerprint density at radius 3 is 2.57 bits per heavy atom. The molecular formula is C20H22ClNO. The van der Waals surface area contributed by atoms with Crippen LogP contribution >= 0.6 is 11.6 Å². The molecule has 1 unspecified atom stereocenters. The second-order valence-corrected chi connectivity index (χ2v) is 6.08. The van der Waals surface area contributed by atoms with E-state index in [0.717, 1.165) is 17.5 Å². The van der Waals surface area contributed by atoms with Crippen LogP contribution in [0.15, 0.2) is 48.5 Å². The smallest absolute Gasteiger partial charge is 0.244 e. The molecule has 2 aromatic carbocycles. The number of halogens is 1. The van der Waals surface area contributed by atoms with Gasteiger partial charge >= 0.3 is 0 Å². The Balaban J connectivity index is 2.08. The maximum atomic E-state index is 12.2. The third-order valence-corrected chi connectivity index (χ3v) is 4.32. The largest absolute Gasteiger partial charge is 0.346 e. The molecule has 0 aliphatic carbocycles. The van der Waals surface area contributed by atoms with Crippen molar-refractivity contribution in [3.63, 3.8) is 0 Å². The number of nitrogens with one attached hydrogen (secondary N) is 1. The lowest BCUT2D eigenvalue weighted by Crippen LogP contribution is -2.26. The summed E-state index contributed by atoms with van der Waals surface area (Å²) in [6.07, 6.45) is 4.11. The zero-order valence-corrected chi connectivity index (χ0v) is 14.5. The van der Waals surface area contributed by atoms with Gasteiger partial charge in [-0.3, -0.25) is 4.79 Å². The Bertz CT molecular complexity index is 721. The Labute approximate surface area is 143 Å². The van der Waals surface area contributed by atoms with E-state index in [1.807, 2.05) is 24.3 Å². The van der Waals surface area contributed by atoms with Crippen molar-refractivity contribution in [3.05, 3.63) is 75.8 Å². The Morgan fingerprint density at radius 2 is 1.91 bits per heavy atom. The summed E-state index contributed by atoms with van der Waals surface area (Å²) in [4.78, 5) is 12.2. The van der Waals surface area contributed by atoms with Gasteiger partial charge in [-0.05, 0) is 54.7 Å². The van der Waals surface area contributed by atoms with Crippen LogP contribution in [0.1, 0.15) is 41.6 Å². The molecule has 120 valence electrons. The van der Waals surface area contributed by atoms with Crippen LogP contribution in [0.3, 0.4) is 0 Å². The summed E-state index contributed by atoms with van der Waals surface area (Å²) in [6.45, 7) is 6.24. The Morgan fingerprint density at radius 1 is 1.17 bits per heavy atom. The molecule has 3 heteroatoms. The minimum Gasteiger partial charge on any atom is -0.346 e. The minimum atomic E-state index is -0.116. The summed E-state index contributed by atoms with van der Waals surface area (Å²) in [5.41, 5.74) is 4.47. The van der Waals surface area contributed by atoms with Crippen molar-refractivity contribution in [1.29, 1.82) is 0 Å². The zero-order valence-electron chi connectivity index (χ0n) is 13.8. The highest BCUT2D eigenvalue weighted by atomic mass is 35.5. The lowest BCUT2D eigenvalue weighted by Gasteiger charge is -2.17. The van der Waals surface area contributed by atoms with Gasteiger partial charge < -0.3 is 5.32 Å². The Kier molecular flexibility index (Phi) is 6.00. The topological polar surface area (TPSA) is 29.1 Å². The molecule has 0 spiro atoms. The van der Waals surface area contributed by atoms with Crippen LogP contribution in [0.25, 0.3) is 6.08 Å². The molecule has 0 fully saturated rings. The molecule has 0 heterocycles. The van der Waals surface area contributed by atoms with E-state index in [1.165, 1.54) is 17.2 Å². The standard InChI is InChI=1S/C20H22ClNO/c1-4-19(17-10-9-14(2)15(3)13-17)22-20(23)12-11-16-7-5-6-8-18(16)21/h5-13,19H,4H2,1-3H3,(H,22,23)/b12-11+. The number of hydrogen-bond acceptors (Lipinski definition) is 1. The van der Waals surface area contributed by atoms with Gasteiger partial charge in [0.1, 0.15) is 0 Å². The van der Waals surface area contributed by atoms with Crippen LogP contribution in [0.5, 0.6) is 0 Å². The molecular weight excluding hydrogens is 306 g/mol. The molecule has 2 nitrogen and oxygen atoms in total. The first-order valence-corrected chi connectivity index (χ1v) is 8.19. The van der Waals surface area contributed by atoms with E-state index in [2.05, 4.69) is 44.3 Å². The first-order chi connectivity index (χ1) is 11.0. The normalized spacial score (nSPS) is 12.3. The molecule has 2 aromatic rings. The fourth-order valence-corrected chi connectivity index (χ4v) is 2.60. The first kappa shape index (κ1) is 17.3. The number of benzene rings is 2. The third-order valence-electron chi connectivity index (χ3n) is 3.98. The van der Waals surface area contributed by atoms with Crippen LogP contribution in [0, 0.1) is 13.8 Å². The quantitative estimate of drug-likeness (QED) is 0.748. The van der Waals surface area contributed by atoms with Crippen molar-refractivity contribution in [2.45, 2.75) is 33.2 Å². The Hall–Kier alpha value is -2.06. The van der Waals surface area contributed by atoms with Gasteiger partial charge in [0.2, 0.25) is 5.91 Å². The SMILES string of the molecule is CCC(NC(=O)/C=C/c1ccccc1Cl)c1ccc(C)c(C)c1. The van der Waals surface area contributed by atoms with Crippen LogP contribution < -0.4 is 5.32 Å². The number of amides is 1. The maximum Gasteiger partial charge on any atom is 0.244 e. The predicted octanol–water partition coefficient (Wildman–Crippen LogP) is 5.24. The number of hydrogen-bond donors (Lipinski definition) is 1. The van der Waals surface area contributed by atoms with E-state index in [1.54, 1.807) is 6.08 Å². The average Bonchev–Trinajstić information content (AvgIpc) is 2.54. The van der Waals surface area contributed by atoms with E-state index < -0.39 is 0 Å². The van der Waals surface area contributed by atoms with Gasteiger partial charge in [-0.15, -0.1) is 0 Å². The fourth-order valence-electron chi connectivity index (χ4n) is 2.40. The summed E-state index contributed by atoms with van der Waals surface area (Å²) in [6, 6.07) is 13.8. The molecule has 1 atom stereocenters. The molecule has 23 heavy (non-hydrogen) atoms.